The zero-order valence-electron chi connectivity index (χ0n) is 15.9. The number of ether oxygens (including phenoxy) is 3. The van der Waals surface area contributed by atoms with E-state index in [4.69, 9.17) is 14.2 Å². The Kier molecular flexibility index (Phi) is 8.04. The summed E-state index contributed by atoms with van der Waals surface area (Å²) >= 11 is 0. The van der Waals surface area contributed by atoms with E-state index in [1.807, 2.05) is 13.8 Å². The van der Waals surface area contributed by atoms with Crippen LogP contribution < -0.4 is 19.1 Å². The SMILES string of the molecule is CCN(CC)C(=O)CCN(C(C)=O)c1cc(OC)c(OC)c(OC)c1. The number of amides is 2. The van der Waals surface area contributed by atoms with Gasteiger partial charge in [0.1, 0.15) is 0 Å². The molecule has 25 heavy (non-hydrogen) atoms. The van der Waals surface area contributed by atoms with Gasteiger partial charge >= 0.3 is 0 Å². The molecule has 0 unspecified atom stereocenters. The maximum atomic E-state index is 12.2. The highest BCUT2D eigenvalue weighted by atomic mass is 16.5. The monoisotopic (exact) mass is 352 g/mol. The summed E-state index contributed by atoms with van der Waals surface area (Å²) in [6.45, 7) is 6.92. The van der Waals surface area contributed by atoms with Crippen LogP contribution in [0.15, 0.2) is 12.1 Å². The molecule has 0 saturated carbocycles. The van der Waals surface area contributed by atoms with E-state index >= 15 is 0 Å². The van der Waals surface area contributed by atoms with Crippen molar-refractivity contribution in [1.29, 1.82) is 0 Å². The van der Waals surface area contributed by atoms with Crippen LogP contribution in [0.25, 0.3) is 0 Å². The Morgan fingerprint density at radius 1 is 0.960 bits per heavy atom. The fourth-order valence-corrected chi connectivity index (χ4v) is 2.63. The number of rotatable bonds is 9. The van der Waals surface area contributed by atoms with Crippen LogP contribution in [0, 0.1) is 0 Å². The van der Waals surface area contributed by atoms with Crippen molar-refractivity contribution in [2.75, 3.05) is 45.9 Å². The molecular weight excluding hydrogens is 324 g/mol. The molecule has 0 heterocycles. The average molecular weight is 352 g/mol. The maximum absolute atomic E-state index is 12.2. The van der Waals surface area contributed by atoms with E-state index in [0.717, 1.165) is 0 Å². The average Bonchev–Trinajstić information content (AvgIpc) is 2.61. The molecule has 0 N–H and O–H groups in total. The molecular formula is C18H28N2O5. The first kappa shape index (κ1) is 20.6. The van der Waals surface area contributed by atoms with Crippen molar-refractivity contribution in [3.8, 4) is 17.2 Å². The quantitative estimate of drug-likeness (QED) is 0.682. The van der Waals surface area contributed by atoms with Crippen LogP contribution in [-0.4, -0.2) is 57.7 Å². The third kappa shape index (κ3) is 5.01. The summed E-state index contributed by atoms with van der Waals surface area (Å²) in [5.74, 6) is 1.22. The van der Waals surface area contributed by atoms with Crippen molar-refractivity contribution in [2.45, 2.75) is 27.2 Å². The van der Waals surface area contributed by atoms with E-state index in [1.54, 1.807) is 17.0 Å². The topological polar surface area (TPSA) is 68.3 Å². The van der Waals surface area contributed by atoms with Gasteiger partial charge in [0.05, 0.1) is 27.0 Å². The molecule has 7 nitrogen and oxygen atoms in total. The van der Waals surface area contributed by atoms with Crippen LogP contribution in [0.2, 0.25) is 0 Å². The second-order valence-corrected chi connectivity index (χ2v) is 5.37. The molecule has 7 heteroatoms. The number of carbonyl (C=O) groups excluding carboxylic acids is 2. The van der Waals surface area contributed by atoms with Gasteiger partial charge in [-0.1, -0.05) is 0 Å². The van der Waals surface area contributed by atoms with Gasteiger partial charge in [-0.15, -0.1) is 0 Å². The lowest BCUT2D eigenvalue weighted by molar-refractivity contribution is -0.130. The van der Waals surface area contributed by atoms with E-state index < -0.39 is 0 Å². The first-order chi connectivity index (χ1) is 11.9. The lowest BCUT2D eigenvalue weighted by Gasteiger charge is -2.25. The zero-order valence-corrected chi connectivity index (χ0v) is 15.9. The molecule has 0 radical (unpaired) electrons. The van der Waals surface area contributed by atoms with Gasteiger partial charge in [-0.25, -0.2) is 0 Å². The zero-order chi connectivity index (χ0) is 19.0. The summed E-state index contributed by atoms with van der Waals surface area (Å²) in [7, 11) is 4.55. The highest BCUT2D eigenvalue weighted by Gasteiger charge is 2.20. The molecule has 0 spiro atoms. The molecule has 1 rings (SSSR count). The van der Waals surface area contributed by atoms with Crippen LogP contribution in [0.1, 0.15) is 27.2 Å². The molecule has 0 aromatic heterocycles. The normalized spacial score (nSPS) is 10.2. The number of hydrogen-bond donors (Lipinski definition) is 0. The third-order valence-corrected chi connectivity index (χ3v) is 4.01. The Morgan fingerprint density at radius 3 is 1.84 bits per heavy atom. The minimum absolute atomic E-state index is 0.0173. The van der Waals surface area contributed by atoms with Crippen molar-refractivity contribution >= 4 is 17.5 Å². The van der Waals surface area contributed by atoms with Crippen LogP contribution in [0.5, 0.6) is 17.2 Å². The lowest BCUT2D eigenvalue weighted by atomic mass is 10.2. The van der Waals surface area contributed by atoms with Crippen molar-refractivity contribution in [1.82, 2.24) is 4.90 Å². The standard InChI is InChI=1S/C18H28N2O5/c1-7-19(8-2)17(22)9-10-20(13(3)21)14-11-15(23-4)18(25-6)16(12-14)24-5/h11-12H,7-10H2,1-6H3. The van der Waals surface area contributed by atoms with E-state index in [9.17, 15) is 9.59 Å². The molecule has 0 saturated heterocycles. The summed E-state index contributed by atoms with van der Waals surface area (Å²) in [6.07, 6.45) is 0.248. The summed E-state index contributed by atoms with van der Waals surface area (Å²) in [5.41, 5.74) is 0.592. The molecule has 2 amide bonds. The minimum atomic E-state index is -0.165. The highest BCUT2D eigenvalue weighted by molar-refractivity contribution is 5.93. The number of hydrogen-bond acceptors (Lipinski definition) is 5. The molecule has 1 aromatic rings. The number of nitrogens with zero attached hydrogens (tertiary/aromatic N) is 2. The number of methoxy groups -OCH3 is 3. The van der Waals surface area contributed by atoms with Gasteiger partial charge in [-0.2, -0.15) is 0 Å². The van der Waals surface area contributed by atoms with Crippen molar-refractivity contribution < 1.29 is 23.8 Å². The van der Waals surface area contributed by atoms with Gasteiger partial charge in [-0.3, -0.25) is 9.59 Å². The fourth-order valence-electron chi connectivity index (χ4n) is 2.63. The fraction of sp³-hybridized carbons (Fsp3) is 0.556. The number of anilines is 1. The van der Waals surface area contributed by atoms with E-state index in [2.05, 4.69) is 0 Å². The second kappa shape index (κ2) is 9.76. The Labute approximate surface area is 149 Å². The Balaban J connectivity index is 3.10. The largest absolute Gasteiger partial charge is 0.493 e. The maximum Gasteiger partial charge on any atom is 0.224 e. The first-order valence-corrected chi connectivity index (χ1v) is 8.29. The van der Waals surface area contributed by atoms with E-state index in [1.165, 1.54) is 33.2 Å². The summed E-state index contributed by atoms with van der Waals surface area (Å²) in [6, 6.07) is 3.40. The Bertz CT molecular complexity index is 574. The lowest BCUT2D eigenvalue weighted by Crippen LogP contribution is -2.36. The van der Waals surface area contributed by atoms with Gasteiger partial charge < -0.3 is 24.0 Å². The molecule has 0 aliphatic rings. The smallest absolute Gasteiger partial charge is 0.224 e. The number of benzene rings is 1. The van der Waals surface area contributed by atoms with E-state index in [-0.39, 0.29) is 24.8 Å². The molecule has 0 bridgehead atoms. The van der Waals surface area contributed by atoms with Crippen LogP contribution in [-0.2, 0) is 9.59 Å². The molecule has 0 atom stereocenters. The molecule has 0 aliphatic carbocycles. The van der Waals surface area contributed by atoms with Crippen LogP contribution in [0.4, 0.5) is 5.69 Å². The predicted octanol–water partition coefficient (Wildman–Crippen LogP) is 2.32. The summed E-state index contributed by atoms with van der Waals surface area (Å²) in [4.78, 5) is 27.6. The van der Waals surface area contributed by atoms with Gasteiger partial charge in [0.25, 0.3) is 0 Å². The van der Waals surface area contributed by atoms with Crippen molar-refractivity contribution in [2.24, 2.45) is 0 Å². The van der Waals surface area contributed by atoms with Crippen molar-refractivity contribution in [3.63, 3.8) is 0 Å². The first-order valence-electron chi connectivity index (χ1n) is 8.29. The highest BCUT2D eigenvalue weighted by Crippen LogP contribution is 2.41. The third-order valence-electron chi connectivity index (χ3n) is 4.01. The second-order valence-electron chi connectivity index (χ2n) is 5.37. The molecule has 1 aromatic carbocycles. The summed E-state index contributed by atoms with van der Waals surface area (Å²) < 4.78 is 16.0. The van der Waals surface area contributed by atoms with Crippen LogP contribution >= 0.6 is 0 Å². The Hall–Kier alpha value is -2.44. The summed E-state index contributed by atoms with van der Waals surface area (Å²) in [5, 5.41) is 0. The number of carbonyl (C=O) groups is 2. The van der Waals surface area contributed by atoms with Gasteiger partial charge in [0, 0.05) is 45.1 Å². The van der Waals surface area contributed by atoms with Crippen molar-refractivity contribution in [3.05, 3.63) is 12.1 Å². The minimum Gasteiger partial charge on any atom is -0.493 e. The van der Waals surface area contributed by atoms with Crippen LogP contribution in [0.3, 0.4) is 0 Å². The molecule has 140 valence electrons. The van der Waals surface area contributed by atoms with Gasteiger partial charge in [-0.05, 0) is 13.8 Å². The van der Waals surface area contributed by atoms with Gasteiger partial charge in [0.15, 0.2) is 11.5 Å². The van der Waals surface area contributed by atoms with Gasteiger partial charge in [0.2, 0.25) is 17.6 Å². The van der Waals surface area contributed by atoms with E-state index in [0.29, 0.717) is 36.0 Å². The molecule has 0 aliphatic heterocycles. The molecule has 0 fully saturated rings. The Morgan fingerprint density at radius 2 is 1.48 bits per heavy atom. The predicted molar refractivity (Wildman–Crippen MR) is 96.7 cm³/mol.